The molecule has 1 aromatic heterocycles. The van der Waals surface area contributed by atoms with Crippen LogP contribution in [0.4, 0.5) is 0 Å². The minimum absolute atomic E-state index is 0.292. The van der Waals surface area contributed by atoms with Gasteiger partial charge < -0.3 is 9.88 Å². The zero-order valence-corrected chi connectivity index (χ0v) is 18.2. The molecule has 6 nitrogen and oxygen atoms in total. The summed E-state index contributed by atoms with van der Waals surface area (Å²) in [4.78, 5) is 5.07. The summed E-state index contributed by atoms with van der Waals surface area (Å²) >= 11 is 0. The molecule has 0 amide bonds. The molecule has 4 unspecified atom stereocenters. The molecule has 1 aromatic carbocycles. The summed E-state index contributed by atoms with van der Waals surface area (Å²) in [6.45, 7) is 5.95. The second-order valence-corrected chi connectivity index (χ2v) is 10.9. The molecule has 2 fully saturated rings. The average molecular weight is 405 g/mol. The molecule has 2 saturated carbocycles. The van der Waals surface area contributed by atoms with Gasteiger partial charge in [0.1, 0.15) is 5.82 Å². The zero-order valence-electron chi connectivity index (χ0n) is 17.4. The average Bonchev–Trinajstić information content (AvgIpc) is 3.38. The Morgan fingerprint density at radius 2 is 2.07 bits per heavy atom. The highest BCUT2D eigenvalue weighted by atomic mass is 32.2. The first-order chi connectivity index (χ1) is 13.3. The fraction of sp³-hybridized carbons (Fsp3) is 0.667. The van der Waals surface area contributed by atoms with E-state index in [4.69, 9.17) is 4.98 Å². The molecule has 1 N–H and O–H groups in total. The van der Waals surface area contributed by atoms with E-state index in [1.54, 1.807) is 26.2 Å². The molecular weight excluding hydrogens is 372 g/mol. The SMILES string of the molecule is CCn1c(CNC(C)C2CC3CCC2C3)nc2cc(S(=O)(=O)N(C)C)ccc21. The van der Waals surface area contributed by atoms with Gasteiger partial charge in [-0.3, -0.25) is 0 Å². The Hall–Kier alpha value is -1.44. The molecule has 0 spiro atoms. The Balaban J connectivity index is 1.55. The summed E-state index contributed by atoms with van der Waals surface area (Å²) in [5, 5.41) is 3.71. The van der Waals surface area contributed by atoms with Crippen LogP contribution in [0.15, 0.2) is 23.1 Å². The second kappa shape index (κ2) is 7.43. The molecule has 2 bridgehead atoms. The minimum atomic E-state index is -3.45. The predicted molar refractivity (Wildman–Crippen MR) is 112 cm³/mol. The lowest BCUT2D eigenvalue weighted by Gasteiger charge is -2.28. The molecule has 2 aromatic rings. The third-order valence-electron chi connectivity index (χ3n) is 6.91. The topological polar surface area (TPSA) is 67.2 Å². The molecule has 4 atom stereocenters. The van der Waals surface area contributed by atoms with E-state index < -0.39 is 10.0 Å². The first kappa shape index (κ1) is 19.9. The number of hydrogen-bond donors (Lipinski definition) is 1. The van der Waals surface area contributed by atoms with Crippen LogP contribution in [0.2, 0.25) is 0 Å². The number of aryl methyl sites for hydroxylation is 1. The second-order valence-electron chi connectivity index (χ2n) is 8.72. The molecule has 7 heteroatoms. The van der Waals surface area contributed by atoms with E-state index in [1.165, 1.54) is 30.0 Å². The number of rotatable bonds is 7. The largest absolute Gasteiger partial charge is 0.327 e. The Morgan fingerprint density at radius 1 is 1.29 bits per heavy atom. The molecule has 154 valence electrons. The number of sulfonamides is 1. The van der Waals surface area contributed by atoms with Crippen LogP contribution in [0.5, 0.6) is 0 Å². The van der Waals surface area contributed by atoms with Gasteiger partial charge in [-0.05, 0) is 69.1 Å². The van der Waals surface area contributed by atoms with Gasteiger partial charge in [-0.15, -0.1) is 0 Å². The van der Waals surface area contributed by atoms with Crippen molar-refractivity contribution in [1.29, 1.82) is 0 Å². The molecule has 1 heterocycles. The Bertz CT molecular complexity index is 966. The molecule has 2 aliphatic carbocycles. The normalized spacial score (nSPS) is 25.8. The number of nitrogens with zero attached hydrogens (tertiary/aromatic N) is 3. The first-order valence-corrected chi connectivity index (χ1v) is 11.9. The van der Waals surface area contributed by atoms with Crippen molar-refractivity contribution in [3.8, 4) is 0 Å². The molecular formula is C21H32N4O2S. The van der Waals surface area contributed by atoms with Crippen molar-refractivity contribution < 1.29 is 8.42 Å². The van der Waals surface area contributed by atoms with Crippen LogP contribution in [-0.2, 0) is 23.1 Å². The van der Waals surface area contributed by atoms with E-state index >= 15 is 0 Å². The quantitative estimate of drug-likeness (QED) is 0.769. The van der Waals surface area contributed by atoms with Gasteiger partial charge >= 0.3 is 0 Å². The van der Waals surface area contributed by atoms with Gasteiger partial charge in [0.05, 0.1) is 22.5 Å². The van der Waals surface area contributed by atoms with Gasteiger partial charge in [-0.1, -0.05) is 6.42 Å². The van der Waals surface area contributed by atoms with Crippen molar-refractivity contribution in [3.05, 3.63) is 24.0 Å². The van der Waals surface area contributed by atoms with Crippen LogP contribution in [0, 0.1) is 17.8 Å². The van der Waals surface area contributed by atoms with Gasteiger partial charge in [0.25, 0.3) is 0 Å². The third kappa shape index (κ3) is 3.37. The standard InChI is InChI=1S/C21H32N4O2S/c1-5-25-20-9-8-17(28(26,27)24(3)4)12-19(20)23-21(25)13-22-14(2)18-11-15-6-7-16(18)10-15/h8-9,12,14-16,18,22H,5-7,10-11,13H2,1-4H3. The monoisotopic (exact) mass is 404 g/mol. The number of aromatic nitrogens is 2. The smallest absolute Gasteiger partial charge is 0.242 e. The van der Waals surface area contributed by atoms with E-state index in [0.717, 1.165) is 41.2 Å². The Morgan fingerprint density at radius 3 is 2.68 bits per heavy atom. The van der Waals surface area contributed by atoms with E-state index in [0.29, 0.717) is 17.5 Å². The van der Waals surface area contributed by atoms with E-state index in [-0.39, 0.29) is 0 Å². The molecule has 4 rings (SSSR count). The summed E-state index contributed by atoms with van der Waals surface area (Å²) < 4.78 is 28.3. The number of benzene rings is 1. The fourth-order valence-electron chi connectivity index (χ4n) is 5.33. The molecule has 28 heavy (non-hydrogen) atoms. The van der Waals surface area contributed by atoms with Gasteiger partial charge in [0.15, 0.2) is 0 Å². The number of nitrogens with one attached hydrogen (secondary N) is 1. The van der Waals surface area contributed by atoms with Crippen LogP contribution in [0.3, 0.4) is 0 Å². The first-order valence-electron chi connectivity index (χ1n) is 10.5. The number of hydrogen-bond acceptors (Lipinski definition) is 4. The summed E-state index contributed by atoms with van der Waals surface area (Å²) in [7, 11) is -0.348. The van der Waals surface area contributed by atoms with Crippen LogP contribution < -0.4 is 5.32 Å². The highest BCUT2D eigenvalue weighted by molar-refractivity contribution is 7.89. The van der Waals surface area contributed by atoms with Gasteiger partial charge in [0.2, 0.25) is 10.0 Å². The highest BCUT2D eigenvalue weighted by Gasteiger charge is 2.41. The van der Waals surface area contributed by atoms with E-state index in [9.17, 15) is 8.42 Å². The molecule has 0 saturated heterocycles. The lowest BCUT2D eigenvalue weighted by atomic mass is 9.84. The highest BCUT2D eigenvalue weighted by Crippen LogP contribution is 2.49. The maximum Gasteiger partial charge on any atom is 0.242 e. The van der Waals surface area contributed by atoms with Crippen LogP contribution in [0.1, 0.15) is 45.4 Å². The van der Waals surface area contributed by atoms with Crippen molar-refractivity contribution in [3.63, 3.8) is 0 Å². The number of fused-ring (bicyclic) bond motifs is 3. The van der Waals surface area contributed by atoms with Gasteiger partial charge in [0, 0.05) is 26.7 Å². The summed E-state index contributed by atoms with van der Waals surface area (Å²) in [5.74, 6) is 3.62. The fourth-order valence-corrected chi connectivity index (χ4v) is 6.25. The van der Waals surface area contributed by atoms with Crippen LogP contribution >= 0.6 is 0 Å². The third-order valence-corrected chi connectivity index (χ3v) is 8.72. The Labute approximate surface area is 168 Å². The zero-order chi connectivity index (χ0) is 20.1. The summed E-state index contributed by atoms with van der Waals surface area (Å²) in [6.07, 6.45) is 5.62. The number of imidazole rings is 1. The van der Waals surface area contributed by atoms with Crippen molar-refractivity contribution >= 4 is 21.1 Å². The molecule has 0 radical (unpaired) electrons. The molecule has 2 aliphatic rings. The molecule has 0 aliphatic heterocycles. The van der Waals surface area contributed by atoms with Crippen LogP contribution in [0.25, 0.3) is 11.0 Å². The lowest BCUT2D eigenvalue weighted by Crippen LogP contribution is -2.36. The van der Waals surface area contributed by atoms with Crippen LogP contribution in [-0.4, -0.2) is 42.4 Å². The van der Waals surface area contributed by atoms with Gasteiger partial charge in [-0.25, -0.2) is 17.7 Å². The summed E-state index contributed by atoms with van der Waals surface area (Å²) in [5.41, 5.74) is 1.73. The minimum Gasteiger partial charge on any atom is -0.327 e. The van der Waals surface area contributed by atoms with Crippen molar-refractivity contribution in [2.75, 3.05) is 14.1 Å². The van der Waals surface area contributed by atoms with Crippen molar-refractivity contribution in [2.24, 2.45) is 17.8 Å². The van der Waals surface area contributed by atoms with E-state index in [2.05, 4.69) is 23.7 Å². The lowest BCUT2D eigenvalue weighted by molar-refractivity contribution is 0.258. The maximum absolute atomic E-state index is 12.4. The van der Waals surface area contributed by atoms with E-state index in [1.807, 2.05) is 6.07 Å². The maximum atomic E-state index is 12.4. The van der Waals surface area contributed by atoms with Gasteiger partial charge in [-0.2, -0.15) is 0 Å². The predicted octanol–water partition coefficient (Wildman–Crippen LogP) is 3.22. The summed E-state index contributed by atoms with van der Waals surface area (Å²) in [6, 6.07) is 5.75. The van der Waals surface area contributed by atoms with Crippen molar-refractivity contribution in [1.82, 2.24) is 19.2 Å². The Kier molecular flexibility index (Phi) is 5.27. The van der Waals surface area contributed by atoms with Crippen molar-refractivity contribution in [2.45, 2.75) is 63.6 Å².